The molecule has 0 unspecified atom stereocenters. The van der Waals surface area contributed by atoms with E-state index in [0.29, 0.717) is 0 Å². The fourth-order valence-electron chi connectivity index (χ4n) is 0. The summed E-state index contributed by atoms with van der Waals surface area (Å²) < 4.78 is 0. The van der Waals surface area contributed by atoms with Gasteiger partial charge in [0.05, 0.1) is 0 Å². The van der Waals surface area contributed by atoms with Gasteiger partial charge in [-0.15, -0.1) is 0 Å². The zero-order chi connectivity index (χ0) is 3.58. The van der Waals surface area contributed by atoms with Gasteiger partial charge in [-0.2, -0.15) is 0 Å². The standard InChI is InChI=1S/3ClH.La.Sm/h3*1H;;/q;;;+3;/p-3. The van der Waals surface area contributed by atoms with Crippen LogP contribution >= 0.6 is 20.4 Å². The normalized spacial score (nSPS) is 5.40. The van der Waals surface area contributed by atoms with Crippen LogP contribution in [0.2, 0.25) is 0 Å². The molecule has 0 radical (unpaired) electrons. The summed E-state index contributed by atoms with van der Waals surface area (Å²) >= 11 is -2.31. The van der Waals surface area contributed by atoms with Crippen molar-refractivity contribution >= 4 is 20.4 Å². The molecule has 0 bridgehead atoms. The summed E-state index contributed by atoms with van der Waals surface area (Å²) in [5.74, 6) is 0. The van der Waals surface area contributed by atoms with Crippen LogP contribution < -0.4 is 0 Å². The van der Waals surface area contributed by atoms with E-state index < -0.39 is 25.7 Å². The third kappa shape index (κ3) is 18.7. The van der Waals surface area contributed by atoms with E-state index in [1.165, 1.54) is 0 Å². The quantitative estimate of drug-likeness (QED) is 0.589. The SMILES string of the molecule is [Cl][La]([Cl])[Cl].[Sm]. The molecular weight excluding hydrogens is 396 g/mol. The number of rotatable bonds is 0. The Bertz CT molecular complexity index is 11.6. The molecule has 0 heterocycles. The number of hydrogen-bond donors (Lipinski definition) is 0. The molecule has 0 aromatic carbocycles. The maximum atomic E-state index is 5.03. The van der Waals surface area contributed by atoms with Crippen LogP contribution in [0.3, 0.4) is 0 Å². The predicted octanol–water partition coefficient (Wildman–Crippen LogP) is 2.07. The Morgan fingerprint density at radius 2 is 1.00 bits per heavy atom. The molecule has 0 amide bonds. The van der Waals surface area contributed by atoms with E-state index in [2.05, 4.69) is 0 Å². The Kier molecular flexibility index (Phi) is 16.6. The number of halogens is 3. The molecule has 0 rings (SSSR count). The van der Waals surface area contributed by atoms with Crippen LogP contribution in [0.4, 0.5) is 0 Å². The first-order valence-electron chi connectivity index (χ1n) is 0.655. The van der Waals surface area contributed by atoms with Crippen LogP contribution in [0.5, 0.6) is 0 Å². The van der Waals surface area contributed by atoms with Gasteiger partial charge in [0.15, 0.2) is 0 Å². The predicted molar refractivity (Wildman–Crippen MR) is 17.6 cm³/mol. The van der Waals surface area contributed by atoms with Gasteiger partial charge in [-0.05, 0) is 0 Å². The Balaban J connectivity index is 0. The molecule has 0 nitrogen and oxygen atoms in total. The van der Waals surface area contributed by atoms with Crippen LogP contribution in [-0.2, 0) is 0 Å². The van der Waals surface area contributed by atoms with E-state index in [4.69, 9.17) is 20.4 Å². The van der Waals surface area contributed by atoms with Gasteiger partial charge in [0.1, 0.15) is 0 Å². The molecule has 0 aliphatic rings. The summed E-state index contributed by atoms with van der Waals surface area (Å²) in [5.41, 5.74) is 0. The van der Waals surface area contributed by atoms with Crippen molar-refractivity contribution in [3.05, 3.63) is 0 Å². The van der Waals surface area contributed by atoms with Crippen molar-refractivity contribution in [2.24, 2.45) is 0 Å². The maximum Gasteiger partial charge on any atom is 0 e. The smallest absolute Gasteiger partial charge is 0 e. The first kappa shape index (κ1) is 11.2. The second-order valence-electron chi connectivity index (χ2n) is 0.247. The topological polar surface area (TPSA) is 0 Å². The Morgan fingerprint density at radius 3 is 1.00 bits per heavy atom. The molecule has 0 saturated carbocycles. The molecule has 30 valence electrons. The van der Waals surface area contributed by atoms with Gasteiger partial charge < -0.3 is 0 Å². The third-order valence-electron chi connectivity index (χ3n) is 0. The van der Waals surface area contributed by atoms with Crippen molar-refractivity contribution in [1.82, 2.24) is 0 Å². The van der Waals surface area contributed by atoms with E-state index in [9.17, 15) is 0 Å². The fourth-order valence-corrected chi connectivity index (χ4v) is 0. The van der Waals surface area contributed by atoms with E-state index in [0.717, 1.165) is 0 Å². The molecule has 0 aliphatic heterocycles. The molecule has 0 aliphatic carbocycles. The molecule has 5 heteroatoms. The average Bonchev–Trinajstić information content (AvgIpc) is 0.811. The third-order valence-corrected chi connectivity index (χ3v) is 0. The summed E-state index contributed by atoms with van der Waals surface area (Å²) in [6, 6.07) is 0. The first-order chi connectivity index (χ1) is 1.73. The zero-order valence-electron chi connectivity index (χ0n) is 2.12. The molecule has 0 fully saturated rings. The average molecular weight is 396 g/mol. The van der Waals surface area contributed by atoms with Crippen LogP contribution in [0.1, 0.15) is 0 Å². The monoisotopic (exact) mass is 396 g/mol. The van der Waals surface area contributed by atoms with Gasteiger partial charge in [-0.25, -0.2) is 0 Å². The molecule has 0 N–H and O–H groups in total. The minimum absolute atomic E-state index is 0. The molecule has 0 saturated heterocycles. The van der Waals surface area contributed by atoms with Crippen molar-refractivity contribution in [2.45, 2.75) is 0 Å². The summed E-state index contributed by atoms with van der Waals surface area (Å²) in [5, 5.41) is 0. The van der Waals surface area contributed by atoms with Crippen LogP contribution in [-0.4, -0.2) is 0 Å². The van der Waals surface area contributed by atoms with E-state index >= 15 is 0 Å². The van der Waals surface area contributed by atoms with Crippen LogP contribution in [0, 0.1) is 66.0 Å². The van der Waals surface area contributed by atoms with E-state index in [-0.39, 0.29) is 40.4 Å². The largest absolute Gasteiger partial charge is 0 e. The molecule has 0 aromatic heterocycles. The van der Waals surface area contributed by atoms with Crippen molar-refractivity contribution in [1.29, 1.82) is 0 Å². The molecule has 0 atom stereocenters. The fraction of sp³-hybridized carbons (Fsp3) is 0. The molecule has 0 spiro atoms. The summed E-state index contributed by atoms with van der Waals surface area (Å²) in [6.07, 6.45) is 0. The maximum absolute atomic E-state index is 5.03. The van der Waals surface area contributed by atoms with Gasteiger partial charge in [0, 0.05) is 40.4 Å². The van der Waals surface area contributed by atoms with Gasteiger partial charge in [0.25, 0.3) is 0 Å². The van der Waals surface area contributed by atoms with E-state index in [1.807, 2.05) is 0 Å². The summed E-state index contributed by atoms with van der Waals surface area (Å²) in [7, 11) is 0. The molecule has 0 aromatic rings. The van der Waals surface area contributed by atoms with Gasteiger partial charge in [0.2, 0.25) is 0 Å². The Labute approximate surface area is 83.7 Å². The van der Waals surface area contributed by atoms with Gasteiger partial charge in [-0.3, -0.25) is 0 Å². The van der Waals surface area contributed by atoms with Crippen molar-refractivity contribution in [3.63, 3.8) is 0 Å². The van der Waals surface area contributed by atoms with Crippen molar-refractivity contribution in [2.75, 3.05) is 0 Å². The van der Waals surface area contributed by atoms with Crippen LogP contribution in [0.15, 0.2) is 0 Å². The minimum atomic E-state index is -2.31. The second kappa shape index (κ2) is 7.40. The van der Waals surface area contributed by atoms with Gasteiger partial charge in [-0.1, -0.05) is 0 Å². The van der Waals surface area contributed by atoms with Crippen molar-refractivity contribution in [3.8, 4) is 0 Å². The van der Waals surface area contributed by atoms with Crippen molar-refractivity contribution < 1.29 is 66.0 Å². The summed E-state index contributed by atoms with van der Waals surface area (Å²) in [4.78, 5) is 0. The molecular formula is Cl3LaSm. The molecule has 5 heavy (non-hydrogen) atoms. The first-order valence-corrected chi connectivity index (χ1v) is 14.3. The zero-order valence-corrected chi connectivity index (χ0v) is 10.6. The Hall–Kier alpha value is 3.40. The number of hydrogen-bond acceptors (Lipinski definition) is 0. The van der Waals surface area contributed by atoms with Gasteiger partial charge >= 0.3 is 46.0 Å². The summed E-state index contributed by atoms with van der Waals surface area (Å²) in [6.45, 7) is 15.1. The second-order valence-corrected chi connectivity index (χ2v) is 16.2. The van der Waals surface area contributed by atoms with Crippen LogP contribution in [0.25, 0.3) is 0 Å². The Morgan fingerprint density at radius 1 is 1.00 bits per heavy atom. The minimum Gasteiger partial charge on any atom is 0 e. The van der Waals surface area contributed by atoms with E-state index in [1.54, 1.807) is 0 Å².